The summed E-state index contributed by atoms with van der Waals surface area (Å²) in [5.74, 6) is -0.435. The standard InChI is InChI=1S/C4H7O3.K/c1-7-4(6)2-3-5;/h2-3H2,1H3;/q-1;+1. The first kappa shape index (κ1) is 11.8. The third kappa shape index (κ3) is 7.07. The molecular weight excluding hydrogens is 135 g/mol. The van der Waals surface area contributed by atoms with Gasteiger partial charge in [0.25, 0.3) is 0 Å². The fourth-order valence-corrected chi connectivity index (χ4v) is 0.185. The van der Waals surface area contributed by atoms with Crippen LogP contribution in [-0.2, 0) is 9.53 Å². The Morgan fingerprint density at radius 2 is 2.25 bits per heavy atom. The summed E-state index contributed by atoms with van der Waals surface area (Å²) >= 11 is 0. The number of esters is 1. The molecule has 0 fully saturated rings. The molecule has 8 heavy (non-hydrogen) atoms. The normalized spacial score (nSPS) is 7.25. The van der Waals surface area contributed by atoms with Crippen molar-refractivity contribution in [3.8, 4) is 0 Å². The second kappa shape index (κ2) is 8.07. The van der Waals surface area contributed by atoms with Crippen LogP contribution in [0.4, 0.5) is 0 Å². The average molecular weight is 142 g/mol. The van der Waals surface area contributed by atoms with Crippen LogP contribution in [0.25, 0.3) is 0 Å². The largest absolute Gasteiger partial charge is 1.00 e. The summed E-state index contributed by atoms with van der Waals surface area (Å²) < 4.78 is 4.15. The predicted molar refractivity (Wildman–Crippen MR) is 21.5 cm³/mol. The van der Waals surface area contributed by atoms with Gasteiger partial charge in [0.2, 0.25) is 0 Å². The summed E-state index contributed by atoms with van der Waals surface area (Å²) in [7, 11) is 1.26. The van der Waals surface area contributed by atoms with E-state index in [0.29, 0.717) is 0 Å². The van der Waals surface area contributed by atoms with Gasteiger partial charge in [-0.1, -0.05) is 0 Å². The average Bonchev–Trinajstić information content (AvgIpc) is 1.68. The summed E-state index contributed by atoms with van der Waals surface area (Å²) in [5.41, 5.74) is 0. The SMILES string of the molecule is COC(=O)CC[O-].[K+]. The molecule has 0 amide bonds. The van der Waals surface area contributed by atoms with Crippen molar-refractivity contribution in [2.45, 2.75) is 6.42 Å². The van der Waals surface area contributed by atoms with E-state index in [1.807, 2.05) is 0 Å². The van der Waals surface area contributed by atoms with Crippen LogP contribution >= 0.6 is 0 Å². The zero-order chi connectivity index (χ0) is 5.70. The van der Waals surface area contributed by atoms with Crippen molar-refractivity contribution in [2.75, 3.05) is 13.7 Å². The first-order valence-electron chi connectivity index (χ1n) is 1.96. The molecule has 0 saturated carbocycles. The minimum Gasteiger partial charge on any atom is -0.854 e. The number of methoxy groups -OCH3 is 1. The van der Waals surface area contributed by atoms with Crippen LogP contribution in [0, 0.1) is 0 Å². The van der Waals surface area contributed by atoms with E-state index < -0.39 is 5.97 Å². The Kier molecular flexibility index (Phi) is 11.9. The zero-order valence-electron chi connectivity index (χ0n) is 5.14. The summed E-state index contributed by atoms with van der Waals surface area (Å²) in [6.45, 7) is -0.382. The van der Waals surface area contributed by atoms with E-state index in [9.17, 15) is 9.90 Å². The van der Waals surface area contributed by atoms with Crippen LogP contribution in [0.2, 0.25) is 0 Å². The van der Waals surface area contributed by atoms with Gasteiger partial charge in [-0.05, 0) is 0 Å². The van der Waals surface area contributed by atoms with Crippen molar-refractivity contribution in [3.63, 3.8) is 0 Å². The number of ether oxygens (including phenoxy) is 1. The Morgan fingerprint density at radius 1 is 1.75 bits per heavy atom. The molecule has 0 aromatic heterocycles. The minimum absolute atomic E-state index is 0. The van der Waals surface area contributed by atoms with Gasteiger partial charge >= 0.3 is 57.4 Å². The van der Waals surface area contributed by atoms with Gasteiger partial charge < -0.3 is 9.84 Å². The van der Waals surface area contributed by atoms with Gasteiger partial charge in [-0.3, -0.25) is 4.79 Å². The second-order valence-electron chi connectivity index (χ2n) is 1.03. The maximum atomic E-state index is 9.99. The van der Waals surface area contributed by atoms with E-state index in [1.165, 1.54) is 7.11 Å². The Hall–Kier alpha value is 1.07. The summed E-state index contributed by atoms with van der Waals surface area (Å²) in [6, 6.07) is 0. The number of rotatable bonds is 2. The van der Waals surface area contributed by atoms with Crippen LogP contribution in [-0.4, -0.2) is 19.7 Å². The first-order valence-corrected chi connectivity index (χ1v) is 1.96. The summed E-state index contributed by atoms with van der Waals surface area (Å²) in [4.78, 5) is 9.99. The Labute approximate surface area is 90.8 Å². The number of carbonyl (C=O) groups is 1. The monoisotopic (exact) mass is 142 g/mol. The molecule has 0 unspecified atom stereocenters. The molecule has 0 aliphatic carbocycles. The molecule has 0 radical (unpaired) electrons. The summed E-state index contributed by atoms with van der Waals surface area (Å²) in [5, 5.41) is 9.60. The smallest absolute Gasteiger partial charge is 0.854 e. The Balaban J connectivity index is 0. The van der Waals surface area contributed by atoms with Crippen molar-refractivity contribution in [2.24, 2.45) is 0 Å². The van der Waals surface area contributed by atoms with Gasteiger partial charge in [-0.25, -0.2) is 0 Å². The topological polar surface area (TPSA) is 49.4 Å². The molecule has 0 heterocycles. The van der Waals surface area contributed by atoms with Crippen molar-refractivity contribution in [1.82, 2.24) is 0 Å². The number of hydrogen-bond donors (Lipinski definition) is 0. The molecule has 0 aliphatic rings. The van der Waals surface area contributed by atoms with Crippen molar-refractivity contribution in [1.29, 1.82) is 0 Å². The van der Waals surface area contributed by atoms with Crippen LogP contribution in [0.15, 0.2) is 0 Å². The molecule has 0 aliphatic heterocycles. The van der Waals surface area contributed by atoms with Crippen molar-refractivity contribution in [3.05, 3.63) is 0 Å². The van der Waals surface area contributed by atoms with E-state index in [-0.39, 0.29) is 64.4 Å². The number of hydrogen-bond acceptors (Lipinski definition) is 3. The first-order chi connectivity index (χ1) is 3.31. The number of carbonyl (C=O) groups excluding carboxylic acids is 1. The van der Waals surface area contributed by atoms with E-state index in [2.05, 4.69) is 4.74 Å². The maximum Gasteiger partial charge on any atom is 1.00 e. The minimum atomic E-state index is -0.435. The van der Waals surface area contributed by atoms with Crippen molar-refractivity contribution >= 4 is 5.97 Å². The fourth-order valence-electron chi connectivity index (χ4n) is 0.185. The van der Waals surface area contributed by atoms with Gasteiger partial charge in [0.1, 0.15) is 0 Å². The van der Waals surface area contributed by atoms with E-state index >= 15 is 0 Å². The van der Waals surface area contributed by atoms with Crippen molar-refractivity contribution < 1.29 is 66.0 Å². The molecule has 0 rings (SSSR count). The van der Waals surface area contributed by atoms with Gasteiger partial charge in [-0.15, -0.1) is 6.61 Å². The predicted octanol–water partition coefficient (Wildman–Crippen LogP) is -4.09. The van der Waals surface area contributed by atoms with E-state index in [1.54, 1.807) is 0 Å². The molecule has 0 bridgehead atoms. The Bertz CT molecular complexity index is 64.3. The Morgan fingerprint density at radius 3 is 2.38 bits per heavy atom. The molecule has 0 aromatic rings. The van der Waals surface area contributed by atoms with Crippen LogP contribution < -0.4 is 56.5 Å². The third-order valence-electron chi connectivity index (χ3n) is 0.534. The molecule has 0 N–H and O–H groups in total. The second-order valence-corrected chi connectivity index (χ2v) is 1.03. The molecule has 3 nitrogen and oxygen atoms in total. The molecule has 42 valence electrons. The maximum absolute atomic E-state index is 9.99. The zero-order valence-corrected chi connectivity index (χ0v) is 8.26. The fraction of sp³-hybridized carbons (Fsp3) is 0.750. The van der Waals surface area contributed by atoms with Gasteiger partial charge in [0.05, 0.1) is 7.11 Å². The van der Waals surface area contributed by atoms with E-state index in [4.69, 9.17) is 0 Å². The summed E-state index contributed by atoms with van der Waals surface area (Å²) in [6.07, 6.45) is -0.0174. The molecule has 0 atom stereocenters. The van der Waals surface area contributed by atoms with Crippen LogP contribution in [0.5, 0.6) is 0 Å². The molecule has 0 saturated heterocycles. The molecular formula is C4H7KO3. The van der Waals surface area contributed by atoms with Gasteiger partial charge in [0.15, 0.2) is 0 Å². The third-order valence-corrected chi connectivity index (χ3v) is 0.534. The van der Waals surface area contributed by atoms with Gasteiger partial charge in [0, 0.05) is 6.42 Å². The molecule has 4 heteroatoms. The van der Waals surface area contributed by atoms with Crippen LogP contribution in [0.1, 0.15) is 6.42 Å². The molecule has 0 spiro atoms. The molecule has 0 aromatic carbocycles. The van der Waals surface area contributed by atoms with Crippen LogP contribution in [0.3, 0.4) is 0 Å². The van der Waals surface area contributed by atoms with Gasteiger partial charge in [-0.2, -0.15) is 0 Å². The quantitative estimate of drug-likeness (QED) is 0.291. The van der Waals surface area contributed by atoms with E-state index in [0.717, 1.165) is 0 Å².